The molecule has 3 aromatic rings. The lowest BCUT2D eigenvalue weighted by Gasteiger charge is -2.26. The molecule has 0 saturated carbocycles. The number of hydrogen-bond acceptors (Lipinski definition) is 12. The molecule has 0 amide bonds. The molecule has 1 unspecified atom stereocenters. The number of nitrogens with one attached hydrogen (secondary N) is 2. The van der Waals surface area contributed by atoms with Crippen LogP contribution in [-0.4, -0.2) is 73.5 Å². The number of aromatic nitrogens is 4. The molecular weight excluding hydrogens is 577 g/mol. The highest BCUT2D eigenvalue weighted by atomic mass is 35.5. The van der Waals surface area contributed by atoms with Crippen LogP contribution in [0, 0.1) is 12.3 Å². The fraction of sp³-hybridized carbons (Fsp3) is 0.440. The number of nitrogens with two attached hydrogens (primary N) is 1. The predicted molar refractivity (Wildman–Crippen MR) is 151 cm³/mol. The van der Waals surface area contributed by atoms with E-state index in [-0.39, 0.29) is 17.3 Å². The van der Waals surface area contributed by atoms with Gasteiger partial charge in [-0.2, -0.15) is 15.1 Å². The summed E-state index contributed by atoms with van der Waals surface area (Å²) in [5, 5.41) is 16.6. The molecule has 0 bridgehead atoms. The van der Waals surface area contributed by atoms with Crippen molar-refractivity contribution in [1.29, 1.82) is 0 Å². The van der Waals surface area contributed by atoms with Gasteiger partial charge in [0.15, 0.2) is 28.1 Å². The van der Waals surface area contributed by atoms with Gasteiger partial charge in [-0.25, -0.2) is 9.55 Å². The maximum Gasteiger partial charge on any atom is 0.459 e. The Hall–Kier alpha value is -3.44. The van der Waals surface area contributed by atoms with Gasteiger partial charge in [0.2, 0.25) is 5.95 Å². The Kier molecular flexibility index (Phi) is 9.08. The van der Waals surface area contributed by atoms with E-state index in [2.05, 4.69) is 31.3 Å². The molecule has 6 atom stereocenters. The fourth-order valence-electron chi connectivity index (χ4n) is 4.10. The molecule has 1 aromatic carbocycles. The first-order valence-electron chi connectivity index (χ1n) is 12.6. The Morgan fingerprint density at radius 1 is 1.34 bits per heavy atom. The minimum Gasteiger partial charge on any atom is -0.462 e. The first kappa shape index (κ1) is 30.5. The number of para-hydroxylation sites is 1. The summed E-state index contributed by atoms with van der Waals surface area (Å²) in [7, 11) is -2.62. The zero-order chi connectivity index (χ0) is 29.9. The number of fused-ring (bicyclic) bond motifs is 1. The van der Waals surface area contributed by atoms with Crippen LogP contribution in [0.4, 0.5) is 11.8 Å². The summed E-state index contributed by atoms with van der Waals surface area (Å²) in [4.78, 5) is 23.2. The molecule has 0 aliphatic carbocycles. The number of nitrogens with zero attached hydrogens (tertiary/aromatic N) is 4. The summed E-state index contributed by atoms with van der Waals surface area (Å²) in [5.41, 5.74) is 6.47. The van der Waals surface area contributed by atoms with Gasteiger partial charge in [0, 0.05) is 7.05 Å². The second-order valence-corrected chi connectivity index (χ2v) is 11.7. The average molecular weight is 608 g/mol. The fourth-order valence-corrected chi connectivity index (χ4v) is 5.90. The molecule has 0 radical (unpaired) electrons. The van der Waals surface area contributed by atoms with E-state index in [0.29, 0.717) is 11.3 Å². The maximum absolute atomic E-state index is 13.8. The molecule has 1 aliphatic rings. The van der Waals surface area contributed by atoms with Gasteiger partial charge in [0.1, 0.15) is 24.0 Å². The number of carbonyl (C=O) groups is 1. The number of anilines is 2. The van der Waals surface area contributed by atoms with Crippen molar-refractivity contribution in [3.8, 4) is 18.1 Å². The van der Waals surface area contributed by atoms with E-state index in [1.165, 1.54) is 17.8 Å². The quantitative estimate of drug-likeness (QED) is 0.108. The average Bonchev–Trinajstić information content (AvgIpc) is 3.45. The number of aliphatic hydroxyl groups is 1. The standard InChI is InChI=1S/C25H31ClN7O7P/c1-6-25(26)19(34)17(39-23(25)33-13-29-18-20(28-5)30-24(27)31-21(18)33)12-37-41(36,40-16-10-8-7-9-11-16)32-15(4)22(35)38-14(2)3/h1,7-11,13-15,17,19,23,34H,12H2,2-5H3,(H,32,36)(H3,27,28,30,31)/t15-,17+,19+,23+,25+,41?/m0/s1. The van der Waals surface area contributed by atoms with E-state index >= 15 is 0 Å². The summed E-state index contributed by atoms with van der Waals surface area (Å²) in [6, 6.07) is 7.14. The van der Waals surface area contributed by atoms with Crippen molar-refractivity contribution in [3.63, 3.8) is 0 Å². The van der Waals surface area contributed by atoms with E-state index in [1.807, 2.05) is 0 Å². The summed E-state index contributed by atoms with van der Waals surface area (Å²) in [6.45, 7) is 4.32. The Labute approximate surface area is 241 Å². The van der Waals surface area contributed by atoms with Gasteiger partial charge in [0.05, 0.1) is 19.0 Å². The van der Waals surface area contributed by atoms with Crippen LogP contribution in [0.2, 0.25) is 0 Å². The molecule has 3 heterocycles. The SMILES string of the molecule is C#C[C@@]1(Cl)[C@H](O)[C@@H](COP(=O)(N[C@@H](C)C(=O)OC(C)C)Oc2ccccc2)O[C@H]1n1cnc2c(NC)nc(N)nc21. The molecule has 5 N–H and O–H groups in total. The molecule has 220 valence electrons. The largest absolute Gasteiger partial charge is 0.462 e. The molecule has 1 saturated heterocycles. The number of benzene rings is 1. The lowest BCUT2D eigenvalue weighted by Crippen LogP contribution is -2.41. The Balaban J connectivity index is 1.60. The molecule has 16 heteroatoms. The van der Waals surface area contributed by atoms with Crippen LogP contribution in [0.1, 0.15) is 27.0 Å². The van der Waals surface area contributed by atoms with Crippen LogP contribution in [-0.2, 0) is 23.4 Å². The minimum absolute atomic E-state index is 0.0434. The van der Waals surface area contributed by atoms with Crippen molar-refractivity contribution in [3.05, 3.63) is 36.7 Å². The zero-order valence-corrected chi connectivity index (χ0v) is 24.4. The first-order valence-corrected chi connectivity index (χ1v) is 14.5. The lowest BCUT2D eigenvalue weighted by molar-refractivity contribution is -0.149. The van der Waals surface area contributed by atoms with Crippen molar-refractivity contribution in [1.82, 2.24) is 24.6 Å². The number of alkyl halides is 1. The molecule has 4 rings (SSSR count). The first-order chi connectivity index (χ1) is 19.4. The van der Waals surface area contributed by atoms with Gasteiger partial charge in [-0.05, 0) is 32.9 Å². The van der Waals surface area contributed by atoms with Crippen LogP contribution in [0.3, 0.4) is 0 Å². The highest BCUT2D eigenvalue weighted by Crippen LogP contribution is 2.48. The van der Waals surface area contributed by atoms with Crippen LogP contribution < -0.4 is 20.7 Å². The van der Waals surface area contributed by atoms with Crippen LogP contribution in [0.5, 0.6) is 5.75 Å². The van der Waals surface area contributed by atoms with E-state index in [4.69, 9.17) is 42.3 Å². The van der Waals surface area contributed by atoms with Crippen molar-refractivity contribution >= 4 is 48.2 Å². The molecule has 41 heavy (non-hydrogen) atoms. The normalized spacial score (nSPS) is 24.5. The van der Waals surface area contributed by atoms with Crippen molar-refractivity contribution < 1.29 is 33.0 Å². The number of hydrogen-bond donors (Lipinski definition) is 4. The van der Waals surface area contributed by atoms with Gasteiger partial charge in [-0.1, -0.05) is 35.7 Å². The topological polar surface area (TPSA) is 185 Å². The van der Waals surface area contributed by atoms with E-state index in [9.17, 15) is 14.5 Å². The molecule has 14 nitrogen and oxygen atoms in total. The third-order valence-electron chi connectivity index (χ3n) is 6.03. The highest BCUT2D eigenvalue weighted by molar-refractivity contribution is 7.52. The van der Waals surface area contributed by atoms with Gasteiger partial charge in [-0.3, -0.25) is 13.9 Å². The minimum atomic E-state index is -4.26. The zero-order valence-electron chi connectivity index (χ0n) is 22.7. The number of terminal acetylenes is 1. The van der Waals surface area contributed by atoms with Gasteiger partial charge < -0.3 is 30.2 Å². The maximum atomic E-state index is 13.8. The van der Waals surface area contributed by atoms with Crippen LogP contribution in [0.15, 0.2) is 36.7 Å². The number of imidazole rings is 1. The number of ether oxygens (including phenoxy) is 2. The second kappa shape index (κ2) is 12.2. The molecular formula is C25H31ClN7O7P. The van der Waals surface area contributed by atoms with E-state index < -0.39 is 55.8 Å². The summed E-state index contributed by atoms with van der Waals surface area (Å²) in [6.07, 6.45) is 2.85. The Morgan fingerprint density at radius 3 is 2.68 bits per heavy atom. The van der Waals surface area contributed by atoms with Crippen molar-refractivity contribution in [2.24, 2.45) is 0 Å². The summed E-state index contributed by atoms with van der Waals surface area (Å²) < 4.78 is 37.8. The third kappa shape index (κ3) is 6.41. The Bertz CT molecular complexity index is 1480. The summed E-state index contributed by atoms with van der Waals surface area (Å²) >= 11 is 6.74. The highest BCUT2D eigenvalue weighted by Gasteiger charge is 2.56. The van der Waals surface area contributed by atoms with Crippen molar-refractivity contribution in [2.75, 3.05) is 24.7 Å². The summed E-state index contributed by atoms with van der Waals surface area (Å²) in [5.74, 6) is 2.24. The smallest absolute Gasteiger partial charge is 0.459 e. The van der Waals surface area contributed by atoms with Gasteiger partial charge >= 0.3 is 13.7 Å². The molecule has 1 aliphatic heterocycles. The van der Waals surface area contributed by atoms with Gasteiger partial charge in [0.25, 0.3) is 0 Å². The monoisotopic (exact) mass is 607 g/mol. The molecule has 0 spiro atoms. The third-order valence-corrected chi connectivity index (χ3v) is 8.19. The lowest BCUT2D eigenvalue weighted by atomic mass is 9.99. The van der Waals surface area contributed by atoms with E-state index in [1.54, 1.807) is 51.2 Å². The van der Waals surface area contributed by atoms with E-state index in [0.717, 1.165) is 0 Å². The predicted octanol–water partition coefficient (Wildman–Crippen LogP) is 2.45. The molecule has 2 aromatic heterocycles. The number of nitrogen functional groups attached to an aromatic ring is 1. The van der Waals surface area contributed by atoms with Crippen LogP contribution >= 0.6 is 19.3 Å². The number of rotatable bonds is 11. The molecule has 1 fully saturated rings. The number of carbonyl (C=O) groups excluding carboxylic acids is 1. The number of halogens is 1. The number of esters is 1. The Morgan fingerprint density at radius 2 is 2.05 bits per heavy atom. The van der Waals surface area contributed by atoms with Crippen molar-refractivity contribution in [2.45, 2.75) is 56.2 Å². The number of aliphatic hydroxyl groups excluding tert-OH is 1. The van der Waals surface area contributed by atoms with Crippen LogP contribution in [0.25, 0.3) is 11.2 Å². The van der Waals surface area contributed by atoms with Gasteiger partial charge in [-0.15, -0.1) is 6.42 Å². The second-order valence-electron chi connectivity index (χ2n) is 9.42.